The Balaban J connectivity index is 1.49. The van der Waals surface area contributed by atoms with Crippen molar-refractivity contribution in [3.05, 3.63) is 111 Å². The van der Waals surface area contributed by atoms with Gasteiger partial charge in [-0.15, -0.1) is 0 Å². The molecule has 0 saturated heterocycles. The number of nitrogens with one attached hydrogen (secondary N) is 1. The summed E-state index contributed by atoms with van der Waals surface area (Å²) in [5, 5.41) is 4.37. The van der Waals surface area contributed by atoms with Gasteiger partial charge in [-0.2, -0.15) is 0 Å². The summed E-state index contributed by atoms with van der Waals surface area (Å²) in [5.74, 6) is -0.00241. The Hall–Kier alpha value is -3.05. The minimum atomic E-state index is -0.277. The van der Waals surface area contributed by atoms with Gasteiger partial charge >= 0.3 is 0 Å². The Morgan fingerprint density at radius 2 is 1.56 bits per heavy atom. The standard InChI is InChI=1S/C25H17Cl3N2O2/c26-19-13-22(30-24(31)18-5-2-1-3-6-18)25(29-14-19)32-15-16-9-11-17(12-10-16)23-20(27)7-4-8-21(23)28/h1-14H,15H2,(H,30,31). The van der Waals surface area contributed by atoms with Gasteiger partial charge in [-0.05, 0) is 41.5 Å². The van der Waals surface area contributed by atoms with Crippen LogP contribution in [0.4, 0.5) is 5.69 Å². The maximum Gasteiger partial charge on any atom is 0.255 e. The molecule has 4 rings (SSSR count). The quantitative estimate of drug-likeness (QED) is 0.308. The number of hydrogen-bond donors (Lipinski definition) is 1. The van der Waals surface area contributed by atoms with Crippen LogP contribution in [0.25, 0.3) is 11.1 Å². The van der Waals surface area contributed by atoms with E-state index >= 15 is 0 Å². The molecular weight excluding hydrogens is 467 g/mol. The van der Waals surface area contributed by atoms with Crippen molar-refractivity contribution in [2.45, 2.75) is 6.61 Å². The summed E-state index contributed by atoms with van der Waals surface area (Å²) >= 11 is 18.7. The number of anilines is 1. The number of ether oxygens (including phenoxy) is 1. The predicted octanol–water partition coefficient (Wildman–Crippen LogP) is 7.54. The van der Waals surface area contributed by atoms with Gasteiger partial charge in [0.05, 0.1) is 5.02 Å². The number of pyridine rings is 1. The molecule has 7 heteroatoms. The monoisotopic (exact) mass is 482 g/mol. The van der Waals surface area contributed by atoms with Crippen LogP contribution in [0.5, 0.6) is 5.88 Å². The molecule has 0 aliphatic carbocycles. The van der Waals surface area contributed by atoms with Gasteiger partial charge in [0, 0.05) is 27.4 Å². The van der Waals surface area contributed by atoms with E-state index in [1.165, 1.54) is 6.20 Å². The number of halogens is 3. The van der Waals surface area contributed by atoms with Gasteiger partial charge in [0.25, 0.3) is 5.91 Å². The zero-order chi connectivity index (χ0) is 22.5. The van der Waals surface area contributed by atoms with Crippen LogP contribution in [0.3, 0.4) is 0 Å². The largest absolute Gasteiger partial charge is 0.471 e. The van der Waals surface area contributed by atoms with Crippen LogP contribution in [-0.4, -0.2) is 10.9 Å². The molecule has 0 aliphatic heterocycles. The highest BCUT2D eigenvalue weighted by Crippen LogP contribution is 2.34. The molecular formula is C25H17Cl3N2O2. The number of benzene rings is 3. The number of carbonyl (C=O) groups excluding carboxylic acids is 1. The zero-order valence-corrected chi connectivity index (χ0v) is 19.0. The van der Waals surface area contributed by atoms with Gasteiger partial charge in [-0.3, -0.25) is 4.79 Å². The fourth-order valence-electron chi connectivity index (χ4n) is 3.11. The molecule has 0 spiro atoms. The topological polar surface area (TPSA) is 51.2 Å². The van der Waals surface area contributed by atoms with Gasteiger partial charge in [-0.1, -0.05) is 83.3 Å². The van der Waals surface area contributed by atoms with Crippen LogP contribution in [0.2, 0.25) is 15.1 Å². The number of carbonyl (C=O) groups is 1. The molecule has 3 aromatic carbocycles. The van der Waals surface area contributed by atoms with Gasteiger partial charge < -0.3 is 10.1 Å². The first kappa shape index (κ1) is 22.2. The highest BCUT2D eigenvalue weighted by molar-refractivity contribution is 6.39. The first-order valence-corrected chi connectivity index (χ1v) is 10.8. The van der Waals surface area contributed by atoms with Crippen LogP contribution in [0.15, 0.2) is 85.1 Å². The van der Waals surface area contributed by atoms with Crippen LogP contribution in [0.1, 0.15) is 15.9 Å². The number of nitrogens with zero attached hydrogens (tertiary/aromatic N) is 1. The third kappa shape index (κ3) is 5.22. The number of hydrogen-bond acceptors (Lipinski definition) is 3. The Morgan fingerprint density at radius 3 is 2.25 bits per heavy atom. The molecule has 0 saturated carbocycles. The lowest BCUT2D eigenvalue weighted by molar-refractivity contribution is 0.102. The lowest BCUT2D eigenvalue weighted by Gasteiger charge is -2.13. The number of amides is 1. The van der Waals surface area contributed by atoms with E-state index in [1.807, 2.05) is 36.4 Å². The van der Waals surface area contributed by atoms with E-state index in [2.05, 4.69) is 10.3 Å². The van der Waals surface area contributed by atoms with Crippen molar-refractivity contribution in [2.24, 2.45) is 0 Å². The fourth-order valence-corrected chi connectivity index (χ4v) is 3.88. The molecule has 32 heavy (non-hydrogen) atoms. The SMILES string of the molecule is O=C(Nc1cc(Cl)cnc1OCc1ccc(-c2c(Cl)cccc2Cl)cc1)c1ccccc1. The Kier molecular flexibility index (Phi) is 6.96. The van der Waals surface area contributed by atoms with Gasteiger partial charge in [-0.25, -0.2) is 4.98 Å². The maximum atomic E-state index is 12.5. The van der Waals surface area contributed by atoms with Crippen molar-refractivity contribution in [1.82, 2.24) is 4.98 Å². The number of aromatic nitrogens is 1. The van der Waals surface area contributed by atoms with Crippen LogP contribution in [-0.2, 0) is 6.61 Å². The summed E-state index contributed by atoms with van der Waals surface area (Å²) in [6, 6.07) is 23.6. The van der Waals surface area contributed by atoms with E-state index in [1.54, 1.807) is 42.5 Å². The lowest BCUT2D eigenvalue weighted by Crippen LogP contribution is -2.13. The smallest absolute Gasteiger partial charge is 0.255 e. The molecule has 4 nitrogen and oxygen atoms in total. The second-order valence-electron chi connectivity index (χ2n) is 6.91. The molecule has 1 amide bonds. The summed E-state index contributed by atoms with van der Waals surface area (Å²) < 4.78 is 5.87. The Bertz CT molecular complexity index is 1230. The summed E-state index contributed by atoms with van der Waals surface area (Å²) in [5.41, 5.74) is 3.52. The van der Waals surface area contributed by atoms with E-state index < -0.39 is 0 Å². The summed E-state index contributed by atoms with van der Waals surface area (Å²) in [7, 11) is 0. The summed E-state index contributed by atoms with van der Waals surface area (Å²) in [6.45, 7) is 0.249. The normalized spacial score (nSPS) is 10.6. The molecule has 160 valence electrons. The third-order valence-electron chi connectivity index (χ3n) is 4.68. The fraction of sp³-hybridized carbons (Fsp3) is 0.0400. The lowest BCUT2D eigenvalue weighted by atomic mass is 10.0. The van der Waals surface area contributed by atoms with E-state index in [-0.39, 0.29) is 18.4 Å². The highest BCUT2D eigenvalue weighted by atomic mass is 35.5. The van der Waals surface area contributed by atoms with Crippen LogP contribution < -0.4 is 10.1 Å². The van der Waals surface area contributed by atoms with Crippen molar-refractivity contribution in [1.29, 1.82) is 0 Å². The molecule has 0 fully saturated rings. The molecule has 1 aromatic heterocycles. The Labute approximate surface area is 200 Å². The molecule has 1 N–H and O–H groups in total. The van der Waals surface area contributed by atoms with Gasteiger partial charge in [0.1, 0.15) is 12.3 Å². The molecule has 0 unspecified atom stereocenters. The summed E-state index contributed by atoms with van der Waals surface area (Å²) in [6.07, 6.45) is 1.47. The zero-order valence-electron chi connectivity index (χ0n) is 16.7. The molecule has 0 radical (unpaired) electrons. The Morgan fingerprint density at radius 1 is 0.875 bits per heavy atom. The van der Waals surface area contributed by atoms with E-state index in [4.69, 9.17) is 39.5 Å². The second-order valence-corrected chi connectivity index (χ2v) is 8.16. The minimum Gasteiger partial charge on any atom is -0.471 e. The molecule has 0 bridgehead atoms. The molecule has 0 aliphatic rings. The predicted molar refractivity (Wildman–Crippen MR) is 130 cm³/mol. The van der Waals surface area contributed by atoms with E-state index in [0.29, 0.717) is 26.3 Å². The van der Waals surface area contributed by atoms with Crippen molar-refractivity contribution in [3.8, 4) is 17.0 Å². The van der Waals surface area contributed by atoms with E-state index in [0.717, 1.165) is 16.7 Å². The molecule has 0 atom stereocenters. The average molecular weight is 484 g/mol. The molecule has 1 heterocycles. The maximum absolute atomic E-state index is 12.5. The highest BCUT2D eigenvalue weighted by Gasteiger charge is 2.13. The summed E-state index contributed by atoms with van der Waals surface area (Å²) in [4.78, 5) is 16.7. The third-order valence-corrected chi connectivity index (χ3v) is 5.52. The van der Waals surface area contributed by atoms with Gasteiger partial charge in [0.15, 0.2) is 0 Å². The second kappa shape index (κ2) is 10.0. The van der Waals surface area contributed by atoms with Gasteiger partial charge in [0.2, 0.25) is 5.88 Å². The van der Waals surface area contributed by atoms with Crippen LogP contribution >= 0.6 is 34.8 Å². The van der Waals surface area contributed by atoms with Crippen molar-refractivity contribution in [3.63, 3.8) is 0 Å². The minimum absolute atomic E-state index is 0.249. The van der Waals surface area contributed by atoms with Crippen molar-refractivity contribution >= 4 is 46.4 Å². The number of rotatable bonds is 6. The van der Waals surface area contributed by atoms with Crippen molar-refractivity contribution in [2.75, 3.05) is 5.32 Å². The first-order chi connectivity index (χ1) is 15.5. The molecule has 4 aromatic rings. The van der Waals surface area contributed by atoms with Crippen LogP contribution in [0, 0.1) is 0 Å². The first-order valence-electron chi connectivity index (χ1n) is 9.69. The average Bonchev–Trinajstić information content (AvgIpc) is 2.80. The van der Waals surface area contributed by atoms with Crippen molar-refractivity contribution < 1.29 is 9.53 Å². The van der Waals surface area contributed by atoms with E-state index in [9.17, 15) is 4.79 Å².